The molecular formula is C4H7Cl2NO2. The molecule has 0 saturated carbocycles. The summed E-state index contributed by atoms with van der Waals surface area (Å²) in [7, 11) is 0. The van der Waals surface area contributed by atoms with Gasteiger partial charge in [0, 0.05) is 12.4 Å². The van der Waals surface area contributed by atoms with E-state index in [9.17, 15) is 4.79 Å². The van der Waals surface area contributed by atoms with Gasteiger partial charge in [-0.1, -0.05) is 0 Å². The van der Waals surface area contributed by atoms with Crippen LogP contribution in [0.5, 0.6) is 0 Å². The Kier molecular flexibility index (Phi) is 4.62. The van der Waals surface area contributed by atoms with E-state index in [0.29, 0.717) is 0 Å². The van der Waals surface area contributed by atoms with Crippen LogP contribution in [0, 0.1) is 0 Å². The average Bonchev–Trinajstić information content (AvgIpc) is 1.83. The number of carboxylic acid groups (broad SMARTS) is 1. The first-order chi connectivity index (χ1) is 4.16. The van der Waals surface area contributed by atoms with Gasteiger partial charge in [-0.25, -0.2) is 4.79 Å². The van der Waals surface area contributed by atoms with Crippen molar-refractivity contribution in [1.29, 1.82) is 0 Å². The van der Waals surface area contributed by atoms with Crippen LogP contribution >= 0.6 is 23.2 Å². The van der Waals surface area contributed by atoms with E-state index in [0.717, 1.165) is 0 Å². The molecule has 0 aliphatic heterocycles. The summed E-state index contributed by atoms with van der Waals surface area (Å²) in [6.45, 7) is 0.195. The molecule has 0 radical (unpaired) electrons. The predicted molar refractivity (Wildman–Crippen MR) is 36.4 cm³/mol. The molecule has 1 atom stereocenters. The lowest BCUT2D eigenvalue weighted by Crippen LogP contribution is -2.28. The molecule has 0 fully saturated rings. The van der Waals surface area contributed by atoms with Crippen molar-refractivity contribution in [3.63, 3.8) is 0 Å². The minimum atomic E-state index is -1.08. The highest BCUT2D eigenvalue weighted by Gasteiger charge is 2.02. The van der Waals surface area contributed by atoms with E-state index in [1.807, 2.05) is 0 Å². The summed E-state index contributed by atoms with van der Waals surface area (Å²) < 4.78 is 0. The van der Waals surface area contributed by atoms with E-state index in [2.05, 4.69) is 5.32 Å². The molecule has 1 unspecified atom stereocenters. The number of nitrogens with one attached hydrogen (secondary N) is 1. The van der Waals surface area contributed by atoms with Gasteiger partial charge in [-0.05, 0) is 0 Å². The minimum Gasteiger partial charge on any atom is -0.465 e. The Labute approximate surface area is 62.9 Å². The average molecular weight is 172 g/mol. The molecule has 9 heavy (non-hydrogen) atoms. The molecule has 0 aliphatic rings. The SMILES string of the molecule is O=C(O)NCC(Cl)CCl. The second kappa shape index (κ2) is 4.70. The van der Waals surface area contributed by atoms with E-state index in [1.54, 1.807) is 0 Å². The Morgan fingerprint density at radius 3 is 2.67 bits per heavy atom. The van der Waals surface area contributed by atoms with Crippen LogP contribution in [0.4, 0.5) is 4.79 Å². The van der Waals surface area contributed by atoms with Crippen LogP contribution < -0.4 is 5.32 Å². The molecule has 0 spiro atoms. The normalized spacial score (nSPS) is 12.7. The van der Waals surface area contributed by atoms with Crippen molar-refractivity contribution >= 4 is 29.3 Å². The molecule has 0 bridgehead atoms. The zero-order valence-corrected chi connectivity index (χ0v) is 6.11. The first-order valence-corrected chi connectivity index (χ1v) is 3.30. The molecule has 0 heterocycles. The van der Waals surface area contributed by atoms with Crippen molar-refractivity contribution in [1.82, 2.24) is 5.32 Å². The molecule has 54 valence electrons. The maximum Gasteiger partial charge on any atom is 0.404 e. The summed E-state index contributed by atoms with van der Waals surface area (Å²) in [4.78, 5) is 9.81. The van der Waals surface area contributed by atoms with Crippen LogP contribution in [-0.2, 0) is 0 Å². The second-order valence-electron chi connectivity index (χ2n) is 1.44. The molecule has 0 aliphatic carbocycles. The maximum atomic E-state index is 9.81. The van der Waals surface area contributed by atoms with Gasteiger partial charge in [0.15, 0.2) is 0 Å². The monoisotopic (exact) mass is 171 g/mol. The molecule has 3 nitrogen and oxygen atoms in total. The number of carbonyl (C=O) groups is 1. The van der Waals surface area contributed by atoms with Crippen molar-refractivity contribution < 1.29 is 9.90 Å². The summed E-state index contributed by atoms with van der Waals surface area (Å²) in [5, 5.41) is 9.82. The van der Waals surface area contributed by atoms with Crippen LogP contribution in [0.3, 0.4) is 0 Å². The predicted octanol–water partition coefficient (Wildman–Crippen LogP) is 1.10. The number of alkyl halides is 2. The fourth-order valence-corrected chi connectivity index (χ4v) is 0.439. The lowest BCUT2D eigenvalue weighted by Gasteiger charge is -2.02. The van der Waals surface area contributed by atoms with Gasteiger partial charge in [-0.3, -0.25) is 0 Å². The Morgan fingerprint density at radius 2 is 2.33 bits per heavy atom. The van der Waals surface area contributed by atoms with Gasteiger partial charge in [0.05, 0.1) is 5.38 Å². The highest BCUT2D eigenvalue weighted by Crippen LogP contribution is 1.95. The van der Waals surface area contributed by atoms with E-state index in [4.69, 9.17) is 28.3 Å². The number of amides is 1. The Balaban J connectivity index is 3.16. The molecule has 0 rings (SSSR count). The molecule has 2 N–H and O–H groups in total. The molecule has 0 aromatic rings. The molecule has 1 amide bonds. The highest BCUT2D eigenvalue weighted by molar-refractivity contribution is 6.28. The largest absolute Gasteiger partial charge is 0.465 e. The molecule has 0 aromatic carbocycles. The smallest absolute Gasteiger partial charge is 0.404 e. The van der Waals surface area contributed by atoms with Gasteiger partial charge in [0.2, 0.25) is 0 Å². The number of hydrogen-bond donors (Lipinski definition) is 2. The number of halogens is 2. The molecular weight excluding hydrogens is 165 g/mol. The van der Waals surface area contributed by atoms with E-state index in [-0.39, 0.29) is 17.8 Å². The van der Waals surface area contributed by atoms with Gasteiger partial charge in [0.1, 0.15) is 0 Å². The van der Waals surface area contributed by atoms with Crippen molar-refractivity contribution in [2.75, 3.05) is 12.4 Å². The standard InChI is InChI=1S/C4H7Cl2NO2/c5-1-3(6)2-7-4(8)9/h3,7H,1-2H2,(H,8,9). The third-order valence-electron chi connectivity index (χ3n) is 0.642. The first-order valence-electron chi connectivity index (χ1n) is 2.33. The van der Waals surface area contributed by atoms with Crippen LogP contribution in [0.2, 0.25) is 0 Å². The van der Waals surface area contributed by atoms with Crippen molar-refractivity contribution in [3.05, 3.63) is 0 Å². The number of rotatable bonds is 3. The van der Waals surface area contributed by atoms with Crippen LogP contribution in [-0.4, -0.2) is 29.0 Å². The van der Waals surface area contributed by atoms with E-state index in [1.165, 1.54) is 0 Å². The van der Waals surface area contributed by atoms with Crippen LogP contribution in [0.25, 0.3) is 0 Å². The van der Waals surface area contributed by atoms with E-state index >= 15 is 0 Å². The van der Waals surface area contributed by atoms with Crippen LogP contribution in [0.15, 0.2) is 0 Å². The van der Waals surface area contributed by atoms with Gasteiger partial charge in [0.25, 0.3) is 0 Å². The third kappa shape index (κ3) is 5.73. The van der Waals surface area contributed by atoms with Gasteiger partial charge in [-0.15, -0.1) is 23.2 Å². The highest BCUT2D eigenvalue weighted by atomic mass is 35.5. The second-order valence-corrected chi connectivity index (χ2v) is 2.36. The minimum absolute atomic E-state index is 0.195. The zero-order valence-electron chi connectivity index (χ0n) is 4.60. The fourth-order valence-electron chi connectivity index (χ4n) is 0.253. The summed E-state index contributed by atoms with van der Waals surface area (Å²) >= 11 is 10.7. The summed E-state index contributed by atoms with van der Waals surface area (Å²) in [6.07, 6.45) is -1.08. The summed E-state index contributed by atoms with van der Waals surface area (Å²) in [5.41, 5.74) is 0. The van der Waals surface area contributed by atoms with Crippen molar-refractivity contribution in [2.45, 2.75) is 5.38 Å². The Bertz CT molecular complexity index is 98.6. The Morgan fingerprint density at radius 1 is 1.78 bits per heavy atom. The lowest BCUT2D eigenvalue weighted by atomic mass is 10.5. The fraction of sp³-hybridized carbons (Fsp3) is 0.750. The van der Waals surface area contributed by atoms with Crippen molar-refractivity contribution in [2.24, 2.45) is 0 Å². The third-order valence-corrected chi connectivity index (χ3v) is 1.48. The molecule has 0 aromatic heterocycles. The van der Waals surface area contributed by atoms with E-state index < -0.39 is 6.09 Å². The van der Waals surface area contributed by atoms with Gasteiger partial charge >= 0.3 is 6.09 Å². The van der Waals surface area contributed by atoms with Gasteiger partial charge in [-0.2, -0.15) is 0 Å². The lowest BCUT2D eigenvalue weighted by molar-refractivity contribution is 0.194. The Hall–Kier alpha value is -0.150. The number of hydrogen-bond acceptors (Lipinski definition) is 1. The molecule has 0 saturated heterocycles. The van der Waals surface area contributed by atoms with Gasteiger partial charge < -0.3 is 10.4 Å². The quantitative estimate of drug-likeness (QED) is 0.626. The maximum absolute atomic E-state index is 9.81. The van der Waals surface area contributed by atoms with Crippen molar-refractivity contribution in [3.8, 4) is 0 Å². The summed E-state index contributed by atoms with van der Waals surface area (Å²) in [6, 6.07) is 0. The van der Waals surface area contributed by atoms with Crippen LogP contribution in [0.1, 0.15) is 0 Å². The first kappa shape index (κ1) is 8.85. The zero-order chi connectivity index (χ0) is 7.28. The summed E-state index contributed by atoms with van der Waals surface area (Å²) in [5.74, 6) is 0.252. The molecule has 5 heteroatoms. The topological polar surface area (TPSA) is 49.3 Å².